The molecule has 162 valence electrons. The predicted molar refractivity (Wildman–Crippen MR) is 115 cm³/mol. The maximum atomic E-state index is 12.5. The SMILES string of the molecule is CC1(CCOc2ccn(-c3ccc(C(=O)NS(=O)(=O)c4ccccc4)c(Cl)n3)n2)CC1. The second kappa shape index (κ2) is 8.32. The summed E-state index contributed by atoms with van der Waals surface area (Å²) in [6.07, 6.45) is 5.13. The zero-order valence-corrected chi connectivity index (χ0v) is 18.4. The van der Waals surface area contributed by atoms with E-state index in [4.69, 9.17) is 16.3 Å². The first-order valence-corrected chi connectivity index (χ1v) is 11.6. The van der Waals surface area contributed by atoms with E-state index in [1.807, 2.05) is 4.72 Å². The maximum Gasteiger partial charge on any atom is 0.268 e. The number of nitrogens with zero attached hydrogens (tertiary/aromatic N) is 3. The molecule has 1 saturated carbocycles. The molecule has 2 heterocycles. The van der Waals surface area contributed by atoms with E-state index in [0.29, 0.717) is 23.7 Å². The zero-order valence-electron chi connectivity index (χ0n) is 16.8. The molecular formula is C21H21ClN4O4S. The van der Waals surface area contributed by atoms with E-state index in [0.717, 1.165) is 6.42 Å². The van der Waals surface area contributed by atoms with Crippen LogP contribution in [0.4, 0.5) is 0 Å². The number of aromatic nitrogens is 3. The number of ether oxygens (including phenoxy) is 1. The molecule has 3 aromatic rings. The Bertz CT molecular complexity index is 1210. The highest BCUT2D eigenvalue weighted by Crippen LogP contribution is 2.47. The number of hydrogen-bond donors (Lipinski definition) is 1. The van der Waals surface area contributed by atoms with Crippen LogP contribution in [0.15, 0.2) is 59.6 Å². The van der Waals surface area contributed by atoms with E-state index in [9.17, 15) is 13.2 Å². The summed E-state index contributed by atoms with van der Waals surface area (Å²) >= 11 is 6.16. The van der Waals surface area contributed by atoms with Gasteiger partial charge >= 0.3 is 0 Å². The van der Waals surface area contributed by atoms with E-state index >= 15 is 0 Å². The van der Waals surface area contributed by atoms with E-state index in [2.05, 4.69) is 17.0 Å². The van der Waals surface area contributed by atoms with Gasteiger partial charge in [-0.05, 0) is 48.9 Å². The highest BCUT2D eigenvalue weighted by atomic mass is 35.5. The van der Waals surface area contributed by atoms with Crippen molar-refractivity contribution in [2.24, 2.45) is 5.41 Å². The van der Waals surface area contributed by atoms with E-state index in [1.54, 1.807) is 30.5 Å². The van der Waals surface area contributed by atoms with Gasteiger partial charge in [-0.3, -0.25) is 4.79 Å². The Morgan fingerprint density at radius 2 is 1.94 bits per heavy atom. The van der Waals surface area contributed by atoms with E-state index in [1.165, 1.54) is 41.8 Å². The van der Waals surface area contributed by atoms with Gasteiger partial charge in [-0.2, -0.15) is 0 Å². The molecule has 1 fully saturated rings. The normalized spacial score (nSPS) is 14.8. The Kier molecular flexibility index (Phi) is 5.72. The number of benzene rings is 1. The summed E-state index contributed by atoms with van der Waals surface area (Å²) in [6.45, 7) is 2.83. The topological polar surface area (TPSA) is 103 Å². The van der Waals surface area contributed by atoms with Crippen molar-refractivity contribution in [3.05, 3.63) is 65.4 Å². The first kappa shape index (κ1) is 21.3. The summed E-state index contributed by atoms with van der Waals surface area (Å²) in [7, 11) is -4.02. The third kappa shape index (κ3) is 5.05. The second-order valence-electron chi connectivity index (χ2n) is 7.76. The molecule has 1 amide bonds. The number of sulfonamides is 1. The van der Waals surface area contributed by atoms with Gasteiger partial charge in [0.25, 0.3) is 15.9 Å². The zero-order chi connectivity index (χ0) is 22.1. The monoisotopic (exact) mass is 460 g/mol. The van der Waals surface area contributed by atoms with Crippen molar-refractivity contribution >= 4 is 27.5 Å². The molecule has 4 rings (SSSR count). The molecule has 0 radical (unpaired) electrons. The minimum atomic E-state index is -4.02. The van der Waals surface area contributed by atoms with Crippen LogP contribution in [0, 0.1) is 5.41 Å². The largest absolute Gasteiger partial charge is 0.477 e. The average molecular weight is 461 g/mol. The Morgan fingerprint density at radius 3 is 2.61 bits per heavy atom. The fourth-order valence-electron chi connectivity index (χ4n) is 2.93. The van der Waals surface area contributed by atoms with Crippen molar-refractivity contribution in [1.82, 2.24) is 19.5 Å². The summed E-state index contributed by atoms with van der Waals surface area (Å²) < 4.78 is 33.9. The number of hydrogen-bond acceptors (Lipinski definition) is 6. The summed E-state index contributed by atoms with van der Waals surface area (Å²) in [5, 5.41) is 4.17. The second-order valence-corrected chi connectivity index (χ2v) is 9.80. The van der Waals surface area contributed by atoms with Gasteiger partial charge in [0.05, 0.1) is 17.1 Å². The van der Waals surface area contributed by atoms with Gasteiger partial charge in [-0.25, -0.2) is 22.8 Å². The number of carbonyl (C=O) groups excluding carboxylic acids is 1. The summed E-state index contributed by atoms with van der Waals surface area (Å²) in [5.74, 6) is -0.0274. The van der Waals surface area contributed by atoms with Crippen LogP contribution in [-0.4, -0.2) is 35.7 Å². The van der Waals surface area contributed by atoms with Crippen molar-refractivity contribution < 1.29 is 17.9 Å². The van der Waals surface area contributed by atoms with Gasteiger partial charge in [0.15, 0.2) is 5.82 Å². The minimum absolute atomic E-state index is 0.0243. The maximum absolute atomic E-state index is 12.5. The van der Waals surface area contributed by atoms with Crippen LogP contribution in [0.3, 0.4) is 0 Å². The molecular weight excluding hydrogens is 440 g/mol. The number of rotatable bonds is 8. The molecule has 0 aliphatic heterocycles. The van der Waals surface area contributed by atoms with Crippen LogP contribution in [0.5, 0.6) is 5.88 Å². The molecule has 0 bridgehead atoms. The van der Waals surface area contributed by atoms with Crippen molar-refractivity contribution in [3.8, 4) is 11.7 Å². The number of nitrogens with one attached hydrogen (secondary N) is 1. The van der Waals surface area contributed by atoms with Crippen LogP contribution in [-0.2, 0) is 10.0 Å². The minimum Gasteiger partial charge on any atom is -0.477 e. The summed E-state index contributed by atoms with van der Waals surface area (Å²) in [6, 6.07) is 12.2. The molecule has 1 aromatic carbocycles. The van der Waals surface area contributed by atoms with Crippen LogP contribution in [0.2, 0.25) is 5.15 Å². The van der Waals surface area contributed by atoms with Crippen molar-refractivity contribution in [3.63, 3.8) is 0 Å². The van der Waals surface area contributed by atoms with Crippen LogP contribution >= 0.6 is 11.6 Å². The quantitative estimate of drug-likeness (QED) is 0.515. The Balaban J connectivity index is 1.44. The lowest BCUT2D eigenvalue weighted by molar-refractivity contribution is 0.0981. The lowest BCUT2D eigenvalue weighted by Crippen LogP contribution is -2.31. The molecule has 2 aromatic heterocycles. The Morgan fingerprint density at radius 1 is 1.19 bits per heavy atom. The van der Waals surface area contributed by atoms with Crippen molar-refractivity contribution in [1.29, 1.82) is 0 Å². The standard InChI is InChI=1S/C21H21ClN4O4S/c1-21(10-11-21)12-14-30-18-9-13-26(24-18)17-8-7-16(19(22)23-17)20(27)25-31(28,29)15-5-3-2-4-6-15/h2-9,13H,10-12,14H2,1H3,(H,25,27). The van der Waals surface area contributed by atoms with Crippen molar-refractivity contribution in [2.45, 2.75) is 31.1 Å². The smallest absolute Gasteiger partial charge is 0.268 e. The molecule has 10 heteroatoms. The molecule has 0 unspecified atom stereocenters. The Hall–Kier alpha value is -2.91. The number of amides is 1. The number of pyridine rings is 1. The fraction of sp³-hybridized carbons (Fsp3) is 0.286. The molecule has 31 heavy (non-hydrogen) atoms. The van der Waals surface area contributed by atoms with Gasteiger partial charge < -0.3 is 4.74 Å². The van der Waals surface area contributed by atoms with Gasteiger partial charge in [0.1, 0.15) is 5.15 Å². The van der Waals surface area contributed by atoms with Crippen LogP contribution in [0.1, 0.15) is 36.5 Å². The predicted octanol–water partition coefficient (Wildman–Crippen LogP) is 3.61. The van der Waals surface area contributed by atoms with E-state index < -0.39 is 15.9 Å². The summed E-state index contributed by atoms with van der Waals surface area (Å²) in [5.41, 5.74) is 0.341. The van der Waals surface area contributed by atoms with E-state index in [-0.39, 0.29) is 15.6 Å². The Labute approximate surface area is 185 Å². The van der Waals surface area contributed by atoms with Gasteiger partial charge in [-0.1, -0.05) is 36.7 Å². The molecule has 0 spiro atoms. The molecule has 0 saturated heterocycles. The van der Waals surface area contributed by atoms with Crippen LogP contribution in [0.25, 0.3) is 5.82 Å². The molecule has 0 atom stereocenters. The first-order valence-electron chi connectivity index (χ1n) is 9.73. The van der Waals surface area contributed by atoms with Crippen LogP contribution < -0.4 is 9.46 Å². The number of halogens is 1. The molecule has 1 N–H and O–H groups in total. The average Bonchev–Trinajstić information content (AvgIpc) is 3.28. The highest BCUT2D eigenvalue weighted by Gasteiger charge is 2.36. The first-order chi connectivity index (χ1) is 14.8. The number of carbonyl (C=O) groups is 1. The lowest BCUT2D eigenvalue weighted by atomic mass is 10.1. The third-order valence-corrected chi connectivity index (χ3v) is 6.85. The van der Waals surface area contributed by atoms with Gasteiger partial charge in [0, 0.05) is 12.3 Å². The molecule has 1 aliphatic rings. The van der Waals surface area contributed by atoms with Crippen molar-refractivity contribution in [2.75, 3.05) is 6.61 Å². The van der Waals surface area contributed by atoms with Gasteiger partial charge in [-0.15, -0.1) is 5.10 Å². The molecule has 8 nitrogen and oxygen atoms in total. The lowest BCUT2D eigenvalue weighted by Gasteiger charge is -2.09. The fourth-order valence-corrected chi connectivity index (χ4v) is 4.16. The highest BCUT2D eigenvalue weighted by molar-refractivity contribution is 7.90. The summed E-state index contributed by atoms with van der Waals surface area (Å²) in [4.78, 5) is 16.6. The molecule has 1 aliphatic carbocycles. The van der Waals surface area contributed by atoms with Gasteiger partial charge in [0.2, 0.25) is 5.88 Å². The third-order valence-electron chi connectivity index (χ3n) is 5.22.